The van der Waals surface area contributed by atoms with E-state index in [2.05, 4.69) is 14.8 Å². The van der Waals surface area contributed by atoms with E-state index in [9.17, 15) is 71.8 Å². The number of aliphatic hydroxyl groups is 1. The van der Waals surface area contributed by atoms with E-state index in [1.807, 2.05) is 5.32 Å². The van der Waals surface area contributed by atoms with Crippen LogP contribution >= 0.6 is 0 Å². The Morgan fingerprint density at radius 2 is 1.60 bits per heavy atom. The number of anilines is 1. The normalized spacial score (nSPS) is 18.0. The minimum atomic E-state index is -6.37. The summed E-state index contributed by atoms with van der Waals surface area (Å²) in [6, 6.07) is 1.09. The molecule has 2 aromatic heterocycles. The number of ether oxygens (including phenoxy) is 1. The molecule has 1 saturated heterocycles. The summed E-state index contributed by atoms with van der Waals surface area (Å²) in [6.45, 7) is -4.20. The molecule has 4 N–H and O–H groups in total. The second kappa shape index (κ2) is 12.1. The molecule has 2 atom stereocenters. The molecule has 48 heavy (non-hydrogen) atoms. The van der Waals surface area contributed by atoms with Gasteiger partial charge in [0.25, 0.3) is 11.5 Å². The zero-order chi connectivity index (χ0) is 36.2. The number of likely N-dealkylation sites (tertiary alicyclic amines) is 1. The molecule has 1 aromatic carbocycles. The number of alkyl halides is 13. The van der Waals surface area contributed by atoms with Gasteiger partial charge in [-0.15, -0.1) is 0 Å². The Morgan fingerprint density at radius 1 is 0.979 bits per heavy atom. The second-order valence-electron chi connectivity index (χ2n) is 10.4. The number of nitrogen functional groups attached to an aromatic ring is 1. The van der Waals surface area contributed by atoms with Crippen LogP contribution in [0.25, 0.3) is 16.8 Å². The van der Waals surface area contributed by atoms with Gasteiger partial charge in [-0.1, -0.05) is 0 Å². The highest BCUT2D eigenvalue weighted by Gasteiger charge is 2.71. The molecule has 0 spiro atoms. The minimum absolute atomic E-state index is 0.144. The van der Waals surface area contributed by atoms with Crippen molar-refractivity contribution < 1.29 is 76.5 Å². The number of rotatable bonds is 7. The summed E-state index contributed by atoms with van der Waals surface area (Å²) < 4.78 is 178. The highest BCUT2D eigenvalue weighted by molar-refractivity contribution is 5.98. The SMILES string of the molecule is Nc1ncnn2c(-c3ccc(OCC(F)(F)F)c(C(=O)N[C@@H]4CN(C(=O)CC(O)(C(F)(F)F)C(F)(F)F)C[C@@H]4F)c3)cc(C(F)(F)F)c12. The van der Waals surface area contributed by atoms with Crippen LogP contribution in [0.5, 0.6) is 5.75 Å². The highest BCUT2D eigenvalue weighted by Crippen LogP contribution is 2.46. The fourth-order valence-electron chi connectivity index (χ4n) is 4.68. The summed E-state index contributed by atoms with van der Waals surface area (Å²) in [6.07, 6.45) is -26.9. The van der Waals surface area contributed by atoms with E-state index in [0.29, 0.717) is 10.6 Å². The molecule has 0 bridgehead atoms. The fraction of sp³-hybridized carbons (Fsp3) is 0.440. The summed E-state index contributed by atoms with van der Waals surface area (Å²) >= 11 is 0. The van der Waals surface area contributed by atoms with Gasteiger partial charge in [-0.3, -0.25) is 9.59 Å². The first-order chi connectivity index (χ1) is 21.8. The molecule has 264 valence electrons. The van der Waals surface area contributed by atoms with Gasteiger partial charge in [0.15, 0.2) is 12.4 Å². The van der Waals surface area contributed by atoms with Crippen molar-refractivity contribution in [1.29, 1.82) is 0 Å². The van der Waals surface area contributed by atoms with Gasteiger partial charge in [0.2, 0.25) is 5.91 Å². The molecule has 1 fully saturated rings. The number of fused-ring (bicyclic) bond motifs is 1. The van der Waals surface area contributed by atoms with Gasteiger partial charge in [-0.25, -0.2) is 13.9 Å². The molecule has 3 heterocycles. The van der Waals surface area contributed by atoms with Crippen LogP contribution in [-0.2, 0) is 11.0 Å². The molecule has 2 amide bonds. The number of carbonyl (C=O) groups is 2. The van der Waals surface area contributed by atoms with Gasteiger partial charge >= 0.3 is 24.7 Å². The topological polar surface area (TPSA) is 135 Å². The third-order valence-electron chi connectivity index (χ3n) is 7.06. The quantitative estimate of drug-likeness (QED) is 0.308. The molecule has 4 rings (SSSR count). The van der Waals surface area contributed by atoms with Crippen molar-refractivity contribution in [2.24, 2.45) is 0 Å². The van der Waals surface area contributed by atoms with Crippen molar-refractivity contribution in [2.45, 2.75) is 48.9 Å². The van der Waals surface area contributed by atoms with E-state index in [0.717, 1.165) is 24.5 Å². The van der Waals surface area contributed by atoms with Crippen LogP contribution in [0.3, 0.4) is 0 Å². The molecule has 3 aromatic rings. The fourth-order valence-corrected chi connectivity index (χ4v) is 4.68. The van der Waals surface area contributed by atoms with Crippen molar-refractivity contribution in [1.82, 2.24) is 24.8 Å². The number of carbonyl (C=O) groups excluding carboxylic acids is 2. The number of benzene rings is 1. The number of hydrogen-bond acceptors (Lipinski definition) is 7. The number of halogens is 13. The van der Waals surface area contributed by atoms with Crippen LogP contribution < -0.4 is 15.8 Å². The Balaban J connectivity index is 1.66. The van der Waals surface area contributed by atoms with Crippen LogP contribution in [-0.4, -0.2) is 92.5 Å². The molecular formula is C25H19F13N6O4. The maximum atomic E-state index is 14.8. The van der Waals surface area contributed by atoms with Crippen LogP contribution in [0.15, 0.2) is 30.6 Å². The summed E-state index contributed by atoms with van der Waals surface area (Å²) in [7, 11) is 0. The Kier molecular flexibility index (Phi) is 9.18. The standard InChI is InChI=1S/C25H19F13N6O4/c26-13-6-43(17(45)5-21(47,24(33,34)35)25(36,37)38)7-14(13)42-20(46)11-3-10(1-2-16(11)48-8-22(27,28)29)15-4-12(23(30,31)32)18-19(39)40-9-41-44(15)18/h1-4,9,13-14,47H,5-8H2,(H,42,46)(H2,39,40,41)/t13-,14+/m0/s1. The molecule has 0 unspecified atom stereocenters. The van der Waals surface area contributed by atoms with E-state index >= 15 is 0 Å². The van der Waals surface area contributed by atoms with Crippen molar-refractivity contribution in [2.75, 3.05) is 25.4 Å². The monoisotopic (exact) mass is 714 g/mol. The highest BCUT2D eigenvalue weighted by atomic mass is 19.4. The van der Waals surface area contributed by atoms with Crippen LogP contribution in [0, 0.1) is 0 Å². The lowest BCUT2D eigenvalue weighted by Gasteiger charge is -2.32. The number of nitrogens with two attached hydrogens (primary N) is 1. The summed E-state index contributed by atoms with van der Waals surface area (Å²) in [4.78, 5) is 29.1. The van der Waals surface area contributed by atoms with Gasteiger partial charge in [0.05, 0.1) is 35.8 Å². The van der Waals surface area contributed by atoms with E-state index in [1.54, 1.807) is 0 Å². The van der Waals surface area contributed by atoms with Crippen molar-refractivity contribution in [3.63, 3.8) is 0 Å². The third kappa shape index (κ3) is 7.13. The van der Waals surface area contributed by atoms with Crippen molar-refractivity contribution >= 4 is 23.1 Å². The predicted molar refractivity (Wildman–Crippen MR) is 134 cm³/mol. The van der Waals surface area contributed by atoms with Crippen LogP contribution in [0.1, 0.15) is 22.3 Å². The average molecular weight is 714 g/mol. The first kappa shape index (κ1) is 36.3. The zero-order valence-electron chi connectivity index (χ0n) is 23.3. The summed E-state index contributed by atoms with van der Waals surface area (Å²) in [5.41, 5.74) is -3.53. The molecular weight excluding hydrogens is 695 g/mol. The number of nitrogens with zero attached hydrogens (tertiary/aromatic N) is 4. The lowest BCUT2D eigenvalue weighted by molar-refractivity contribution is -0.367. The molecule has 10 nitrogen and oxygen atoms in total. The molecule has 23 heteroatoms. The molecule has 1 aliphatic rings. The van der Waals surface area contributed by atoms with Gasteiger partial charge in [0, 0.05) is 12.1 Å². The Labute approximate surface area is 258 Å². The van der Waals surface area contributed by atoms with Gasteiger partial charge in [-0.05, 0) is 24.3 Å². The van der Waals surface area contributed by atoms with E-state index < -0.39 is 114 Å². The second-order valence-corrected chi connectivity index (χ2v) is 10.4. The van der Waals surface area contributed by atoms with Gasteiger partial charge in [-0.2, -0.15) is 57.8 Å². The predicted octanol–water partition coefficient (Wildman–Crippen LogP) is 4.46. The third-order valence-corrected chi connectivity index (χ3v) is 7.06. The maximum Gasteiger partial charge on any atom is 0.426 e. The van der Waals surface area contributed by atoms with Crippen molar-refractivity contribution in [3.05, 3.63) is 41.7 Å². The Morgan fingerprint density at radius 3 is 2.17 bits per heavy atom. The van der Waals surface area contributed by atoms with Crippen LogP contribution in [0.4, 0.5) is 62.9 Å². The van der Waals surface area contributed by atoms with E-state index in [1.165, 1.54) is 0 Å². The minimum Gasteiger partial charge on any atom is -0.483 e. The van der Waals surface area contributed by atoms with Gasteiger partial charge in [0.1, 0.15) is 23.8 Å². The maximum absolute atomic E-state index is 14.8. The molecule has 1 aliphatic heterocycles. The molecule has 0 radical (unpaired) electrons. The molecule has 0 saturated carbocycles. The van der Waals surface area contributed by atoms with Crippen LogP contribution in [0.2, 0.25) is 0 Å². The van der Waals surface area contributed by atoms with E-state index in [-0.39, 0.29) is 10.5 Å². The smallest absolute Gasteiger partial charge is 0.426 e. The Hall–Kier alpha value is -4.57. The Bertz CT molecular complexity index is 1690. The average Bonchev–Trinajstić information content (AvgIpc) is 3.52. The zero-order valence-corrected chi connectivity index (χ0v) is 23.3. The lowest BCUT2D eigenvalue weighted by Crippen LogP contribution is -2.59. The summed E-state index contributed by atoms with van der Waals surface area (Å²) in [5, 5.41) is 14.9. The number of aromatic nitrogens is 3. The number of hydrogen-bond donors (Lipinski definition) is 3. The molecule has 0 aliphatic carbocycles. The first-order valence-electron chi connectivity index (χ1n) is 13.0. The number of amides is 2. The van der Waals surface area contributed by atoms with Crippen molar-refractivity contribution in [3.8, 4) is 17.0 Å². The number of nitrogens with one attached hydrogen (secondary N) is 1. The summed E-state index contributed by atoms with van der Waals surface area (Å²) in [5.74, 6) is -4.93. The lowest BCUT2D eigenvalue weighted by atomic mass is 9.97. The largest absolute Gasteiger partial charge is 0.483 e. The van der Waals surface area contributed by atoms with E-state index in [4.69, 9.17) is 5.73 Å². The van der Waals surface area contributed by atoms with Gasteiger partial charge < -0.3 is 25.8 Å². The first-order valence-corrected chi connectivity index (χ1v) is 13.0.